The maximum Gasteiger partial charge on any atom is 0.229 e. The van der Waals surface area contributed by atoms with Gasteiger partial charge in [0.05, 0.1) is 16.9 Å². The molecule has 1 unspecified atom stereocenters. The van der Waals surface area contributed by atoms with E-state index >= 15 is 0 Å². The summed E-state index contributed by atoms with van der Waals surface area (Å²) < 4.78 is 35.7. The van der Waals surface area contributed by atoms with Gasteiger partial charge in [0.15, 0.2) is 10.7 Å². The summed E-state index contributed by atoms with van der Waals surface area (Å²) in [5.74, 6) is -0.531. The highest BCUT2D eigenvalue weighted by Gasteiger charge is 2.30. The number of nitrogens with one attached hydrogen (secondary N) is 1. The van der Waals surface area contributed by atoms with Crippen LogP contribution in [0.4, 0.5) is 9.39 Å². The Balaban J connectivity index is 1.51. The molecule has 0 saturated carbocycles. The predicted molar refractivity (Wildman–Crippen MR) is 130 cm³/mol. The normalized spacial score (nSPS) is 15.6. The van der Waals surface area contributed by atoms with E-state index in [9.17, 15) is 22.9 Å². The molecule has 0 fully saturated rings. The summed E-state index contributed by atoms with van der Waals surface area (Å²) in [7, 11) is -2.66. The molecule has 9 heteroatoms. The third kappa shape index (κ3) is 5.36. The smallest absolute Gasteiger partial charge is 0.229 e. The summed E-state index contributed by atoms with van der Waals surface area (Å²) in [6.07, 6.45) is 1.76. The Morgan fingerprint density at radius 1 is 1.24 bits per heavy atom. The molecule has 2 aromatic carbocycles. The number of hydrogen-bond donors (Lipinski definition) is 2. The quantitative estimate of drug-likeness (QED) is 0.477. The Hall–Kier alpha value is -3.06. The molecule has 1 aliphatic heterocycles. The lowest BCUT2D eigenvalue weighted by Crippen LogP contribution is -2.39. The summed E-state index contributed by atoms with van der Waals surface area (Å²) in [5.41, 5.74) is 2.97. The van der Waals surface area contributed by atoms with Crippen LogP contribution in [0.3, 0.4) is 0 Å². The summed E-state index contributed by atoms with van der Waals surface area (Å²) in [6, 6.07) is 15.2. The van der Waals surface area contributed by atoms with Crippen LogP contribution >= 0.6 is 11.3 Å². The first-order valence-corrected chi connectivity index (χ1v) is 12.9. The molecular formula is C25H24FN3O3S2. The summed E-state index contributed by atoms with van der Waals surface area (Å²) >= 11 is 1.44. The van der Waals surface area contributed by atoms with Crippen molar-refractivity contribution in [3.05, 3.63) is 81.5 Å². The van der Waals surface area contributed by atoms with E-state index in [-0.39, 0.29) is 29.1 Å². The van der Waals surface area contributed by atoms with Crippen molar-refractivity contribution in [3.63, 3.8) is 0 Å². The van der Waals surface area contributed by atoms with E-state index in [0.717, 1.165) is 28.8 Å². The minimum Gasteiger partial charge on any atom is -0.316 e. The number of hydrogen-bond acceptors (Lipinski definition) is 6. The molecule has 2 heterocycles. The molecule has 1 amide bonds. The molecule has 4 rings (SSSR count). The molecule has 0 bridgehead atoms. The molecule has 1 aromatic heterocycles. The molecule has 1 atom stereocenters. The lowest BCUT2D eigenvalue weighted by atomic mass is 9.96. The van der Waals surface area contributed by atoms with Crippen molar-refractivity contribution in [2.24, 2.45) is 0 Å². The van der Waals surface area contributed by atoms with Gasteiger partial charge in [-0.1, -0.05) is 31.2 Å². The second kappa shape index (κ2) is 10.5. The predicted octanol–water partition coefficient (Wildman–Crippen LogP) is 4.25. The SMILES string of the molecule is CCC1Cc2sc(NC(=O)Cc3ccc([SH](=O)=O)cc3)c(C#N)c2CN1Cc1cccc(F)c1. The van der Waals surface area contributed by atoms with E-state index in [0.29, 0.717) is 29.2 Å². The van der Waals surface area contributed by atoms with Crippen LogP contribution in [0.5, 0.6) is 0 Å². The number of halogens is 1. The molecular weight excluding hydrogens is 473 g/mol. The monoisotopic (exact) mass is 497 g/mol. The number of carbonyl (C=O) groups excluding carboxylic acids is 1. The lowest BCUT2D eigenvalue weighted by molar-refractivity contribution is -0.115. The van der Waals surface area contributed by atoms with Gasteiger partial charge in [-0.05, 0) is 48.2 Å². The van der Waals surface area contributed by atoms with Gasteiger partial charge in [-0.15, -0.1) is 11.3 Å². The molecule has 0 aliphatic carbocycles. The standard InChI is InChI=1S/C25H24FN3O3S2/c1-2-19-12-23-22(15-29(19)14-17-4-3-5-18(26)10-17)21(13-27)25(33-23)28-24(30)11-16-6-8-20(9-7-16)34(31)32/h3-10,19,34H,2,11-12,14-15H2,1H3,(H,28,30). The Bertz CT molecular complexity index is 1320. The van der Waals surface area contributed by atoms with Gasteiger partial charge in [0, 0.05) is 29.6 Å². The first-order valence-electron chi connectivity index (χ1n) is 10.9. The van der Waals surface area contributed by atoms with Crippen LogP contribution < -0.4 is 5.32 Å². The largest absolute Gasteiger partial charge is 0.316 e. The van der Waals surface area contributed by atoms with Crippen molar-refractivity contribution >= 4 is 32.9 Å². The van der Waals surface area contributed by atoms with Crippen LogP contribution in [0, 0.1) is 17.1 Å². The molecule has 0 radical (unpaired) electrons. The number of anilines is 1. The van der Waals surface area contributed by atoms with Crippen molar-refractivity contribution < 1.29 is 17.6 Å². The molecule has 0 spiro atoms. The van der Waals surface area contributed by atoms with Crippen LogP contribution in [-0.2, 0) is 41.4 Å². The first kappa shape index (κ1) is 24.1. The highest BCUT2D eigenvalue weighted by molar-refractivity contribution is 7.72. The Morgan fingerprint density at radius 3 is 2.65 bits per heavy atom. The van der Waals surface area contributed by atoms with Gasteiger partial charge in [0.1, 0.15) is 16.9 Å². The van der Waals surface area contributed by atoms with Gasteiger partial charge in [0.2, 0.25) is 5.91 Å². The molecule has 34 heavy (non-hydrogen) atoms. The van der Waals surface area contributed by atoms with Crippen LogP contribution in [0.25, 0.3) is 0 Å². The summed E-state index contributed by atoms with van der Waals surface area (Å²) in [4.78, 5) is 16.2. The maximum atomic E-state index is 13.7. The van der Waals surface area contributed by atoms with Gasteiger partial charge in [-0.25, -0.2) is 12.8 Å². The fourth-order valence-corrected chi connectivity index (χ4v) is 5.92. The highest BCUT2D eigenvalue weighted by atomic mass is 32.2. The number of rotatable bonds is 7. The molecule has 3 aromatic rings. The highest BCUT2D eigenvalue weighted by Crippen LogP contribution is 2.39. The number of thiophene rings is 1. The third-order valence-electron chi connectivity index (χ3n) is 6.01. The second-order valence-corrected chi connectivity index (χ2v) is 10.4. The molecule has 6 nitrogen and oxygen atoms in total. The van der Waals surface area contributed by atoms with Crippen molar-refractivity contribution in [2.75, 3.05) is 5.32 Å². The van der Waals surface area contributed by atoms with Crippen LogP contribution in [0.2, 0.25) is 0 Å². The average molecular weight is 498 g/mol. The number of thiol groups is 1. The van der Waals surface area contributed by atoms with Crippen molar-refractivity contribution in [1.29, 1.82) is 5.26 Å². The molecule has 0 saturated heterocycles. The zero-order valence-corrected chi connectivity index (χ0v) is 20.3. The van der Waals surface area contributed by atoms with Gasteiger partial charge in [0.25, 0.3) is 0 Å². The zero-order chi connectivity index (χ0) is 24.2. The number of amides is 1. The van der Waals surface area contributed by atoms with E-state index < -0.39 is 10.7 Å². The lowest BCUT2D eigenvalue weighted by Gasteiger charge is -2.35. The third-order valence-corrected chi connectivity index (χ3v) is 7.90. The number of nitriles is 1. The first-order chi connectivity index (χ1) is 16.4. The number of fused-ring (bicyclic) bond motifs is 1. The van der Waals surface area contributed by atoms with Crippen LogP contribution in [0.15, 0.2) is 53.4 Å². The fraction of sp³-hybridized carbons (Fsp3) is 0.280. The van der Waals surface area contributed by atoms with Gasteiger partial charge in [-0.3, -0.25) is 9.69 Å². The Morgan fingerprint density at radius 2 is 2.00 bits per heavy atom. The van der Waals surface area contributed by atoms with E-state index in [2.05, 4.69) is 23.2 Å². The molecule has 1 aliphatic rings. The fourth-order valence-electron chi connectivity index (χ4n) is 4.28. The summed E-state index contributed by atoms with van der Waals surface area (Å²) in [5, 5.41) is 13.3. The minimum atomic E-state index is -2.66. The molecule has 1 N–H and O–H groups in total. The topological polar surface area (TPSA) is 90.3 Å². The zero-order valence-electron chi connectivity index (χ0n) is 18.6. The van der Waals surface area contributed by atoms with Gasteiger partial charge >= 0.3 is 0 Å². The van der Waals surface area contributed by atoms with Crippen molar-refractivity contribution in [3.8, 4) is 6.07 Å². The summed E-state index contributed by atoms with van der Waals surface area (Å²) in [6.45, 7) is 3.27. The number of nitrogens with zero attached hydrogens (tertiary/aromatic N) is 2. The number of benzene rings is 2. The average Bonchev–Trinajstić information content (AvgIpc) is 3.14. The van der Waals surface area contributed by atoms with Crippen LogP contribution in [-0.4, -0.2) is 25.3 Å². The number of carbonyl (C=O) groups is 1. The van der Waals surface area contributed by atoms with Crippen molar-refractivity contribution in [2.45, 2.75) is 50.2 Å². The van der Waals surface area contributed by atoms with Crippen LogP contribution in [0.1, 0.15) is 40.5 Å². The second-order valence-electron chi connectivity index (χ2n) is 8.27. The van der Waals surface area contributed by atoms with E-state index in [1.165, 1.54) is 35.6 Å². The van der Waals surface area contributed by atoms with E-state index in [1.807, 2.05) is 6.07 Å². The van der Waals surface area contributed by atoms with Crippen molar-refractivity contribution in [1.82, 2.24) is 4.90 Å². The molecule has 176 valence electrons. The van der Waals surface area contributed by atoms with Gasteiger partial charge in [-0.2, -0.15) is 5.26 Å². The van der Waals surface area contributed by atoms with Gasteiger partial charge < -0.3 is 5.32 Å². The Labute approximate surface area is 203 Å². The van der Waals surface area contributed by atoms with E-state index in [1.54, 1.807) is 18.2 Å². The minimum absolute atomic E-state index is 0.0760. The Kier molecular flexibility index (Phi) is 7.41. The van der Waals surface area contributed by atoms with E-state index in [4.69, 9.17) is 0 Å². The maximum absolute atomic E-state index is 13.7.